The third-order valence-corrected chi connectivity index (χ3v) is 13.0. The van der Waals surface area contributed by atoms with Crippen LogP contribution in [-0.4, -0.2) is 20.8 Å². The topological polar surface area (TPSA) is 39.1 Å². The van der Waals surface area contributed by atoms with E-state index in [-0.39, 0.29) is 26.5 Å². The number of aryl methyl sites for hydroxylation is 1. The second-order valence-electron chi connectivity index (χ2n) is 18.2. The Morgan fingerprint density at radius 3 is 2.01 bits per heavy atom. The van der Waals surface area contributed by atoms with E-state index in [0.29, 0.717) is 28.6 Å². The maximum atomic E-state index is 9.24. The number of pyridine rings is 1. The van der Waals surface area contributed by atoms with E-state index in [9.17, 15) is 4.11 Å². The van der Waals surface area contributed by atoms with E-state index >= 15 is 0 Å². The molecule has 11 aromatic rings. The van der Waals surface area contributed by atoms with Crippen LogP contribution in [0.4, 0.5) is 17.2 Å². The summed E-state index contributed by atoms with van der Waals surface area (Å²) in [4.78, 5) is 7.01. The van der Waals surface area contributed by atoms with Gasteiger partial charge >= 0.3 is 0 Å². The first-order valence-corrected chi connectivity index (χ1v) is 22.9. The van der Waals surface area contributed by atoms with Crippen LogP contribution in [0.25, 0.3) is 55.6 Å². The third-order valence-electron chi connectivity index (χ3n) is 13.0. The van der Waals surface area contributed by atoms with Crippen molar-refractivity contribution in [2.24, 2.45) is 6.98 Å². The van der Waals surface area contributed by atoms with Gasteiger partial charge in [0.15, 0.2) is 0 Å². The third kappa shape index (κ3) is 7.68. The standard InChI is InChI=1S/C61H46BN5O.Pt/c1-61(2,3)44-36-37-63-57(38-44)67-54-32-16-14-28-51(54)52-35-34-48(40-56(52)67)68-47-27-18-26-46(39-47)65-41-64(4)59-60(65)66(45-24-12-7-13-25-45)55-33-17-15-31-53(55)62(59)58-49(42-20-8-5-9-21-42)29-19-30-50(58)43-22-10-6-11-23-43;/h5-38H,1-4H3;/q-2;/i4D3;. The fourth-order valence-corrected chi connectivity index (χ4v) is 9.92. The van der Waals surface area contributed by atoms with E-state index < -0.39 is 13.7 Å². The molecule has 0 aliphatic carbocycles. The first-order valence-electron chi connectivity index (χ1n) is 24.4. The molecule has 1 aliphatic heterocycles. The van der Waals surface area contributed by atoms with Gasteiger partial charge in [-0.1, -0.05) is 176 Å². The van der Waals surface area contributed by atoms with Crippen molar-refractivity contribution in [1.82, 2.24) is 14.1 Å². The molecule has 8 heteroatoms. The molecule has 0 radical (unpaired) electrons. The first kappa shape index (κ1) is 40.4. The van der Waals surface area contributed by atoms with E-state index in [0.717, 1.165) is 72.2 Å². The fourth-order valence-electron chi connectivity index (χ4n) is 9.92. The van der Waals surface area contributed by atoms with Crippen LogP contribution >= 0.6 is 0 Å². The molecular formula is C61H46BN5OPt-2. The van der Waals surface area contributed by atoms with Gasteiger partial charge in [-0.25, -0.2) is 4.98 Å². The zero-order valence-corrected chi connectivity index (χ0v) is 40.4. The zero-order chi connectivity index (χ0) is 48.4. The quantitative estimate of drug-likeness (QED) is 0.0865. The summed E-state index contributed by atoms with van der Waals surface area (Å²) in [6.45, 7) is 3.39. The van der Waals surface area contributed by atoms with Gasteiger partial charge < -0.3 is 23.3 Å². The normalized spacial score (nSPS) is 13.0. The van der Waals surface area contributed by atoms with Crippen molar-refractivity contribution in [2.45, 2.75) is 26.2 Å². The molecule has 3 aromatic heterocycles. The van der Waals surface area contributed by atoms with Gasteiger partial charge in [0.2, 0.25) is 13.0 Å². The van der Waals surface area contributed by atoms with Crippen LogP contribution in [0.2, 0.25) is 0 Å². The Balaban J connectivity index is 0.00000560. The number of para-hydroxylation sites is 3. The Morgan fingerprint density at radius 1 is 0.638 bits per heavy atom. The van der Waals surface area contributed by atoms with Gasteiger partial charge in [-0.2, -0.15) is 18.2 Å². The van der Waals surface area contributed by atoms with Crippen molar-refractivity contribution in [1.29, 1.82) is 0 Å². The van der Waals surface area contributed by atoms with Gasteiger partial charge in [0.1, 0.15) is 11.6 Å². The number of aromatic nitrogens is 4. The van der Waals surface area contributed by atoms with Gasteiger partial charge in [-0.05, 0) is 75.0 Å². The Morgan fingerprint density at radius 2 is 1.29 bits per heavy atom. The predicted octanol–water partition coefficient (Wildman–Crippen LogP) is 11.9. The molecule has 0 amide bonds. The summed E-state index contributed by atoms with van der Waals surface area (Å²) in [7, 11) is 0. The van der Waals surface area contributed by atoms with E-state index in [1.807, 2.05) is 114 Å². The van der Waals surface area contributed by atoms with Gasteiger partial charge in [0.05, 0.1) is 11.1 Å². The van der Waals surface area contributed by atoms with Crippen molar-refractivity contribution in [3.05, 3.63) is 230 Å². The molecule has 1 aliphatic rings. The molecule has 0 bridgehead atoms. The number of ether oxygens (including phenoxy) is 1. The average Bonchev–Trinajstić information content (AvgIpc) is 3.95. The monoisotopic (exact) mass is 1070 g/mol. The maximum absolute atomic E-state index is 9.24. The smallest absolute Gasteiger partial charge is 0.242 e. The SMILES string of the molecule is [2H]C([2H])([2H])[n+]1[c-]n(-c2[c-]c(Oc3[c-]c4c(cc3)c3ccccc3n4-c3cc(C(C)(C)C)ccn3)ccc2)c2c1B(c1c(-c3ccccc3)cccc1-c1ccccc1)c1ccccc1N2c1ccccc1.[Pt]. The number of anilines is 3. The van der Waals surface area contributed by atoms with Crippen LogP contribution in [0.3, 0.4) is 0 Å². The van der Waals surface area contributed by atoms with Crippen molar-refractivity contribution in [3.63, 3.8) is 0 Å². The summed E-state index contributed by atoms with van der Waals surface area (Å²) in [6, 6.07) is 74.8. The molecule has 69 heavy (non-hydrogen) atoms. The van der Waals surface area contributed by atoms with Crippen molar-refractivity contribution >= 4 is 62.2 Å². The molecule has 0 fully saturated rings. The predicted molar refractivity (Wildman–Crippen MR) is 277 cm³/mol. The largest absolute Gasteiger partial charge is 0.510 e. The van der Waals surface area contributed by atoms with Crippen LogP contribution < -0.4 is 30.7 Å². The van der Waals surface area contributed by atoms with Crippen molar-refractivity contribution in [3.8, 4) is 45.3 Å². The van der Waals surface area contributed by atoms with Crippen molar-refractivity contribution < 1.29 is 34.5 Å². The summed E-state index contributed by atoms with van der Waals surface area (Å²) in [6.07, 6.45) is 5.27. The van der Waals surface area contributed by atoms with Gasteiger partial charge in [-0.15, -0.1) is 29.7 Å². The Hall–Kier alpha value is -7.73. The molecule has 0 spiro atoms. The van der Waals surface area contributed by atoms with E-state index in [2.05, 4.69) is 146 Å². The summed E-state index contributed by atoms with van der Waals surface area (Å²) in [5.74, 6) is 2.33. The molecule has 4 heterocycles. The molecule has 12 rings (SSSR count). The van der Waals surface area contributed by atoms with E-state index in [1.54, 1.807) is 0 Å². The molecule has 0 unspecified atom stereocenters. The second kappa shape index (κ2) is 17.7. The van der Waals surface area contributed by atoms with Crippen LogP contribution in [0.15, 0.2) is 206 Å². The number of rotatable bonds is 8. The Labute approximate surface area is 422 Å². The molecule has 8 aromatic carbocycles. The summed E-state index contributed by atoms with van der Waals surface area (Å²) >= 11 is 0. The number of imidazole rings is 1. The Kier molecular flexibility index (Phi) is 10.4. The van der Waals surface area contributed by atoms with Crippen LogP contribution in [0.1, 0.15) is 30.4 Å². The van der Waals surface area contributed by atoms with Crippen LogP contribution in [0.5, 0.6) is 11.5 Å². The molecule has 0 atom stereocenters. The average molecular weight is 1070 g/mol. The van der Waals surface area contributed by atoms with E-state index in [4.69, 9.17) is 9.72 Å². The summed E-state index contributed by atoms with van der Waals surface area (Å²) in [5.41, 5.74) is 11.8. The molecule has 336 valence electrons. The number of nitrogens with zero attached hydrogens (tertiary/aromatic N) is 5. The zero-order valence-electron chi connectivity index (χ0n) is 41.2. The van der Waals surface area contributed by atoms with Crippen molar-refractivity contribution in [2.75, 3.05) is 4.90 Å². The van der Waals surface area contributed by atoms with Gasteiger partial charge in [0.25, 0.3) is 0 Å². The molecule has 0 N–H and O–H groups in total. The molecule has 6 nitrogen and oxygen atoms in total. The molecule has 0 saturated heterocycles. The molecule has 0 saturated carbocycles. The minimum Gasteiger partial charge on any atom is -0.510 e. The Bertz CT molecular complexity index is 3740. The van der Waals surface area contributed by atoms with Crippen LogP contribution in [-0.2, 0) is 33.5 Å². The maximum Gasteiger partial charge on any atom is 0.242 e. The second-order valence-corrected chi connectivity index (χ2v) is 18.2. The molecular weight excluding hydrogens is 1020 g/mol. The fraction of sp³-hybridized carbons (Fsp3) is 0.0820. The number of benzene rings is 8. The first-order chi connectivity index (χ1) is 34.5. The summed E-state index contributed by atoms with van der Waals surface area (Å²) in [5, 5.41) is 2.11. The number of hydrogen-bond donors (Lipinski definition) is 0. The minimum absolute atomic E-state index is 0. The number of hydrogen-bond acceptors (Lipinski definition) is 3. The number of fused-ring (bicyclic) bond motifs is 5. The van der Waals surface area contributed by atoms with Gasteiger partial charge in [-0.3, -0.25) is 0 Å². The van der Waals surface area contributed by atoms with E-state index in [1.165, 1.54) is 10.1 Å². The van der Waals surface area contributed by atoms with Gasteiger partial charge in [0, 0.05) is 61.2 Å². The van der Waals surface area contributed by atoms with Crippen LogP contribution in [0, 0.1) is 18.5 Å². The minimum atomic E-state index is -2.64. The summed E-state index contributed by atoms with van der Waals surface area (Å²) < 4.78 is 39.8.